The van der Waals surface area contributed by atoms with E-state index in [-0.39, 0.29) is 5.91 Å². The minimum atomic E-state index is -0.0232. The van der Waals surface area contributed by atoms with Gasteiger partial charge in [0.15, 0.2) is 11.0 Å². The van der Waals surface area contributed by atoms with Crippen LogP contribution in [0.25, 0.3) is 11.4 Å². The molecule has 6 nitrogen and oxygen atoms in total. The minimum absolute atomic E-state index is 0.0232. The van der Waals surface area contributed by atoms with Crippen molar-refractivity contribution in [1.82, 2.24) is 20.1 Å². The summed E-state index contributed by atoms with van der Waals surface area (Å²) in [4.78, 5) is 12.2. The molecule has 3 rings (SSSR count). The molecule has 2 aromatic carbocycles. The number of benzene rings is 2. The van der Waals surface area contributed by atoms with Crippen LogP contribution < -0.4 is 10.1 Å². The number of hydrogen-bond donors (Lipinski definition) is 1. The molecule has 8 heteroatoms. The first-order valence-electron chi connectivity index (χ1n) is 9.33. The summed E-state index contributed by atoms with van der Waals surface area (Å²) in [5.74, 6) is 2.10. The molecule has 0 radical (unpaired) electrons. The average Bonchev–Trinajstić information content (AvgIpc) is 3.15. The van der Waals surface area contributed by atoms with Crippen LogP contribution in [0.2, 0.25) is 5.02 Å². The van der Waals surface area contributed by atoms with Crippen molar-refractivity contribution >= 4 is 29.3 Å². The Labute approximate surface area is 179 Å². The lowest BCUT2D eigenvalue weighted by molar-refractivity contribution is -0.120. The molecule has 0 saturated heterocycles. The summed E-state index contributed by atoms with van der Waals surface area (Å²) in [6.07, 6.45) is 0.385. The predicted molar refractivity (Wildman–Crippen MR) is 116 cm³/mol. The molecule has 1 aromatic heterocycles. The summed E-state index contributed by atoms with van der Waals surface area (Å²) in [5, 5.41) is 13.0. The van der Waals surface area contributed by atoms with Crippen molar-refractivity contribution in [1.29, 1.82) is 0 Å². The van der Waals surface area contributed by atoms with Crippen LogP contribution in [-0.4, -0.2) is 33.5 Å². The van der Waals surface area contributed by atoms with Crippen LogP contribution in [0.5, 0.6) is 5.75 Å². The SMILES string of the molecule is CCn1c(SCCC(=O)NCc2ccccc2Cl)nnc1-c1ccccc1OC. The van der Waals surface area contributed by atoms with Gasteiger partial charge in [0.25, 0.3) is 0 Å². The smallest absolute Gasteiger partial charge is 0.221 e. The van der Waals surface area contributed by atoms with Crippen molar-refractivity contribution < 1.29 is 9.53 Å². The number of ether oxygens (including phenoxy) is 1. The molecule has 0 aliphatic rings. The van der Waals surface area contributed by atoms with Crippen molar-refractivity contribution in [2.75, 3.05) is 12.9 Å². The third-order valence-corrected chi connectivity index (χ3v) is 5.71. The van der Waals surface area contributed by atoms with Crippen LogP contribution in [0.1, 0.15) is 18.9 Å². The van der Waals surface area contributed by atoms with Gasteiger partial charge in [-0.1, -0.05) is 53.7 Å². The Bertz CT molecular complexity index is 977. The lowest BCUT2D eigenvalue weighted by atomic mass is 10.2. The Hall–Kier alpha value is -2.51. The number of para-hydroxylation sites is 1. The highest BCUT2D eigenvalue weighted by molar-refractivity contribution is 7.99. The summed E-state index contributed by atoms with van der Waals surface area (Å²) < 4.78 is 7.47. The van der Waals surface area contributed by atoms with Gasteiger partial charge in [-0.2, -0.15) is 0 Å². The fourth-order valence-electron chi connectivity index (χ4n) is 2.87. The highest BCUT2D eigenvalue weighted by Gasteiger charge is 2.16. The molecule has 0 unspecified atom stereocenters. The predicted octanol–water partition coefficient (Wildman–Crippen LogP) is 4.43. The van der Waals surface area contributed by atoms with Gasteiger partial charge in [0.05, 0.1) is 12.7 Å². The molecule has 0 bridgehead atoms. The Balaban J connectivity index is 1.58. The highest BCUT2D eigenvalue weighted by atomic mass is 35.5. The molecule has 3 aromatic rings. The number of methoxy groups -OCH3 is 1. The number of nitrogens with zero attached hydrogens (tertiary/aromatic N) is 3. The van der Waals surface area contributed by atoms with E-state index in [1.165, 1.54) is 11.8 Å². The van der Waals surface area contributed by atoms with Crippen LogP contribution in [0.3, 0.4) is 0 Å². The van der Waals surface area contributed by atoms with Crippen LogP contribution in [-0.2, 0) is 17.9 Å². The number of carbonyl (C=O) groups is 1. The van der Waals surface area contributed by atoms with E-state index >= 15 is 0 Å². The van der Waals surface area contributed by atoms with Crippen molar-refractivity contribution in [2.24, 2.45) is 0 Å². The van der Waals surface area contributed by atoms with Gasteiger partial charge in [-0.25, -0.2) is 0 Å². The lowest BCUT2D eigenvalue weighted by Gasteiger charge is -2.10. The third kappa shape index (κ3) is 5.31. The summed E-state index contributed by atoms with van der Waals surface area (Å²) >= 11 is 7.63. The fraction of sp³-hybridized carbons (Fsp3) is 0.286. The quantitative estimate of drug-likeness (QED) is 0.509. The molecular formula is C21H23ClN4O2S. The fourth-order valence-corrected chi connectivity index (χ4v) is 4.01. The van der Waals surface area contributed by atoms with Crippen LogP contribution in [0.4, 0.5) is 0 Å². The monoisotopic (exact) mass is 430 g/mol. The topological polar surface area (TPSA) is 69.0 Å². The maximum absolute atomic E-state index is 12.2. The van der Waals surface area contributed by atoms with Crippen molar-refractivity contribution in [2.45, 2.75) is 31.6 Å². The summed E-state index contributed by atoms with van der Waals surface area (Å²) in [7, 11) is 1.64. The van der Waals surface area contributed by atoms with Gasteiger partial charge >= 0.3 is 0 Å². The summed E-state index contributed by atoms with van der Waals surface area (Å²) in [5.41, 5.74) is 1.80. The number of amides is 1. The number of nitrogens with one attached hydrogen (secondary N) is 1. The summed E-state index contributed by atoms with van der Waals surface area (Å²) in [6, 6.07) is 15.2. The zero-order chi connectivity index (χ0) is 20.6. The number of carbonyl (C=O) groups excluding carboxylic acids is 1. The molecule has 0 saturated carbocycles. The second-order valence-electron chi connectivity index (χ2n) is 6.22. The normalized spacial score (nSPS) is 10.7. The van der Waals surface area contributed by atoms with Crippen LogP contribution in [0.15, 0.2) is 53.7 Å². The molecule has 0 atom stereocenters. The first-order chi connectivity index (χ1) is 14.1. The first-order valence-corrected chi connectivity index (χ1v) is 10.7. The van der Waals surface area contributed by atoms with Gasteiger partial charge in [0.2, 0.25) is 5.91 Å². The Morgan fingerprint density at radius 3 is 2.69 bits per heavy atom. The zero-order valence-corrected chi connectivity index (χ0v) is 18.0. The van der Waals surface area contributed by atoms with Crippen LogP contribution >= 0.6 is 23.4 Å². The highest BCUT2D eigenvalue weighted by Crippen LogP contribution is 2.30. The van der Waals surface area contributed by atoms with E-state index in [1.807, 2.05) is 60.0 Å². The molecular weight excluding hydrogens is 408 g/mol. The van der Waals surface area contributed by atoms with E-state index in [0.717, 1.165) is 34.4 Å². The molecule has 0 aliphatic carbocycles. The maximum atomic E-state index is 12.2. The molecule has 1 heterocycles. The van der Waals surface area contributed by atoms with Gasteiger partial charge in [0, 0.05) is 30.3 Å². The van der Waals surface area contributed by atoms with Gasteiger partial charge in [-0.15, -0.1) is 10.2 Å². The number of halogens is 1. The molecule has 1 N–H and O–H groups in total. The molecule has 1 amide bonds. The third-order valence-electron chi connectivity index (χ3n) is 4.38. The van der Waals surface area contributed by atoms with Gasteiger partial charge in [-0.05, 0) is 30.7 Å². The largest absolute Gasteiger partial charge is 0.496 e. The van der Waals surface area contributed by atoms with Gasteiger partial charge < -0.3 is 14.6 Å². The second kappa shape index (κ2) is 10.3. The standard InChI is InChI=1S/C21H23ClN4O2S/c1-3-26-20(16-9-5-7-11-18(16)28-2)24-25-21(26)29-13-12-19(27)23-14-15-8-4-6-10-17(15)22/h4-11H,3,12-14H2,1-2H3,(H,23,27). The molecule has 0 fully saturated rings. The van der Waals surface area contributed by atoms with E-state index in [0.29, 0.717) is 23.7 Å². The number of aromatic nitrogens is 3. The second-order valence-corrected chi connectivity index (χ2v) is 7.69. The average molecular weight is 431 g/mol. The maximum Gasteiger partial charge on any atom is 0.221 e. The van der Waals surface area contributed by atoms with Crippen molar-refractivity contribution in [3.05, 3.63) is 59.1 Å². The number of hydrogen-bond acceptors (Lipinski definition) is 5. The van der Waals surface area contributed by atoms with E-state index in [1.54, 1.807) is 7.11 Å². The number of rotatable bonds is 9. The number of thioether (sulfide) groups is 1. The van der Waals surface area contributed by atoms with E-state index in [9.17, 15) is 4.79 Å². The molecule has 152 valence electrons. The van der Waals surface area contributed by atoms with Crippen LogP contribution in [0, 0.1) is 0 Å². The van der Waals surface area contributed by atoms with Crippen molar-refractivity contribution in [3.63, 3.8) is 0 Å². The Morgan fingerprint density at radius 1 is 1.17 bits per heavy atom. The molecule has 29 heavy (non-hydrogen) atoms. The lowest BCUT2D eigenvalue weighted by Crippen LogP contribution is -2.23. The molecule has 0 aliphatic heterocycles. The first kappa shape index (κ1) is 21.2. The Morgan fingerprint density at radius 2 is 1.93 bits per heavy atom. The van der Waals surface area contributed by atoms with Crippen molar-refractivity contribution in [3.8, 4) is 17.1 Å². The van der Waals surface area contributed by atoms with E-state index < -0.39 is 0 Å². The Kier molecular flexibility index (Phi) is 7.55. The zero-order valence-electron chi connectivity index (χ0n) is 16.4. The van der Waals surface area contributed by atoms with Gasteiger partial charge in [0.1, 0.15) is 5.75 Å². The summed E-state index contributed by atoms with van der Waals surface area (Å²) in [6.45, 7) is 3.19. The van der Waals surface area contributed by atoms with E-state index in [4.69, 9.17) is 16.3 Å². The minimum Gasteiger partial charge on any atom is -0.496 e. The van der Waals surface area contributed by atoms with Gasteiger partial charge in [-0.3, -0.25) is 4.79 Å². The molecule has 0 spiro atoms. The van der Waals surface area contributed by atoms with E-state index in [2.05, 4.69) is 15.5 Å².